The highest BCUT2D eigenvalue weighted by Crippen LogP contribution is 2.03. The number of nitrogens with zero attached hydrogens (tertiary/aromatic N) is 2. The lowest BCUT2D eigenvalue weighted by Gasteiger charge is -2.23. The Bertz CT molecular complexity index is 208. The van der Waals surface area contributed by atoms with E-state index < -0.39 is 0 Å². The first-order valence-corrected chi connectivity index (χ1v) is 4.29. The Morgan fingerprint density at radius 2 is 2.08 bits per heavy atom. The van der Waals surface area contributed by atoms with E-state index in [4.69, 9.17) is 10.00 Å². The van der Waals surface area contributed by atoms with Gasteiger partial charge in [0.2, 0.25) is 0 Å². The lowest BCUT2D eigenvalue weighted by molar-refractivity contribution is 0.0750. The molecule has 74 valence electrons. The summed E-state index contributed by atoms with van der Waals surface area (Å²) in [6.45, 7) is 5.40. The number of nitriles is 1. The van der Waals surface area contributed by atoms with E-state index in [1.54, 1.807) is 20.9 Å². The molecule has 0 aromatic heterocycles. The highest BCUT2D eigenvalue weighted by atomic mass is 16.6. The third-order valence-corrected chi connectivity index (χ3v) is 1.67. The zero-order valence-electron chi connectivity index (χ0n) is 8.57. The summed E-state index contributed by atoms with van der Waals surface area (Å²) in [4.78, 5) is 12.7. The van der Waals surface area contributed by atoms with E-state index >= 15 is 0 Å². The van der Waals surface area contributed by atoms with Gasteiger partial charge in [-0.3, -0.25) is 0 Å². The van der Waals surface area contributed by atoms with Crippen LogP contribution < -0.4 is 0 Å². The minimum Gasteiger partial charge on any atom is -0.447 e. The molecule has 0 saturated heterocycles. The Labute approximate surface area is 79.1 Å². The molecule has 0 heterocycles. The molecule has 0 aliphatic heterocycles. The molecule has 0 aromatic carbocycles. The van der Waals surface area contributed by atoms with Crippen LogP contribution in [-0.4, -0.2) is 30.2 Å². The van der Waals surface area contributed by atoms with E-state index in [-0.39, 0.29) is 18.2 Å². The van der Waals surface area contributed by atoms with E-state index in [9.17, 15) is 4.79 Å². The smallest absolute Gasteiger partial charge is 0.410 e. The van der Waals surface area contributed by atoms with Gasteiger partial charge < -0.3 is 9.64 Å². The van der Waals surface area contributed by atoms with Gasteiger partial charge in [-0.05, 0) is 20.8 Å². The molecule has 0 aliphatic rings. The molecule has 0 N–H and O–H groups in total. The maximum Gasteiger partial charge on any atom is 0.410 e. The summed E-state index contributed by atoms with van der Waals surface area (Å²) in [6.07, 6.45) is -0.175. The lowest BCUT2D eigenvalue weighted by Crippen LogP contribution is -2.36. The molecule has 13 heavy (non-hydrogen) atoms. The minimum absolute atomic E-state index is 0.101. The molecule has 0 aromatic rings. The van der Waals surface area contributed by atoms with Crippen molar-refractivity contribution in [2.45, 2.75) is 39.3 Å². The first-order chi connectivity index (χ1) is 5.99. The van der Waals surface area contributed by atoms with Gasteiger partial charge in [0.25, 0.3) is 0 Å². The van der Waals surface area contributed by atoms with Crippen molar-refractivity contribution in [2.24, 2.45) is 0 Å². The normalized spacial score (nSPS) is 12.0. The summed E-state index contributed by atoms with van der Waals surface area (Å²) in [5, 5.41) is 8.42. The number of ether oxygens (including phenoxy) is 1. The van der Waals surface area contributed by atoms with Crippen molar-refractivity contribution in [1.82, 2.24) is 4.90 Å². The first-order valence-electron chi connectivity index (χ1n) is 4.29. The molecule has 0 spiro atoms. The maximum atomic E-state index is 11.3. The number of hydrogen-bond acceptors (Lipinski definition) is 3. The third kappa shape index (κ3) is 4.36. The van der Waals surface area contributed by atoms with Crippen LogP contribution in [0.5, 0.6) is 0 Å². The molecule has 4 nitrogen and oxygen atoms in total. The van der Waals surface area contributed by atoms with Crippen LogP contribution in [0.15, 0.2) is 0 Å². The van der Waals surface area contributed by atoms with E-state index in [0.717, 1.165) is 0 Å². The zero-order valence-corrected chi connectivity index (χ0v) is 8.57. The fourth-order valence-electron chi connectivity index (χ4n) is 0.734. The quantitative estimate of drug-likeness (QED) is 0.671. The van der Waals surface area contributed by atoms with Gasteiger partial charge in [-0.25, -0.2) is 4.79 Å². The SMILES string of the molecule is CC(C)OC(=O)N(C)C(C)CC#N. The Hall–Kier alpha value is -1.24. The van der Waals surface area contributed by atoms with Gasteiger partial charge in [0.1, 0.15) is 0 Å². The topological polar surface area (TPSA) is 53.3 Å². The zero-order chi connectivity index (χ0) is 10.4. The molecule has 4 heteroatoms. The Morgan fingerprint density at radius 1 is 1.54 bits per heavy atom. The molecule has 0 bridgehead atoms. The lowest BCUT2D eigenvalue weighted by atomic mass is 10.2. The number of amides is 1. The van der Waals surface area contributed by atoms with Crippen LogP contribution in [0.4, 0.5) is 4.79 Å². The Morgan fingerprint density at radius 3 is 2.46 bits per heavy atom. The molecule has 0 rings (SSSR count). The van der Waals surface area contributed by atoms with Gasteiger partial charge in [-0.15, -0.1) is 0 Å². The summed E-state index contributed by atoms with van der Waals surface area (Å²) in [5.41, 5.74) is 0. The van der Waals surface area contributed by atoms with E-state index in [0.29, 0.717) is 6.42 Å². The second kappa shape index (κ2) is 5.41. The molecule has 0 saturated carbocycles. The number of carbonyl (C=O) groups excluding carboxylic acids is 1. The third-order valence-electron chi connectivity index (χ3n) is 1.67. The molecule has 1 amide bonds. The predicted octanol–water partition coefficient (Wildman–Crippen LogP) is 1.77. The standard InChI is InChI=1S/C9H16N2O2/c1-7(2)13-9(12)11(4)8(3)5-6-10/h7-8H,5H2,1-4H3. The molecule has 0 fully saturated rings. The maximum absolute atomic E-state index is 11.3. The van der Waals surface area contributed by atoms with Crippen LogP contribution in [-0.2, 0) is 4.74 Å². The summed E-state index contributed by atoms with van der Waals surface area (Å²) in [6, 6.07) is 1.91. The summed E-state index contributed by atoms with van der Waals surface area (Å²) >= 11 is 0. The second-order valence-electron chi connectivity index (χ2n) is 3.25. The first kappa shape index (κ1) is 11.8. The summed E-state index contributed by atoms with van der Waals surface area (Å²) in [5.74, 6) is 0. The van der Waals surface area contributed by atoms with Gasteiger partial charge in [-0.2, -0.15) is 5.26 Å². The van der Waals surface area contributed by atoms with Crippen molar-refractivity contribution in [3.05, 3.63) is 0 Å². The molecule has 0 aliphatic carbocycles. The fraction of sp³-hybridized carbons (Fsp3) is 0.778. The molecular weight excluding hydrogens is 168 g/mol. The average Bonchev–Trinajstić information content (AvgIpc) is 2.02. The van der Waals surface area contributed by atoms with Crippen LogP contribution in [0.3, 0.4) is 0 Å². The van der Waals surface area contributed by atoms with Crippen LogP contribution in [0.1, 0.15) is 27.2 Å². The molecule has 1 atom stereocenters. The van der Waals surface area contributed by atoms with Crippen molar-refractivity contribution in [2.75, 3.05) is 7.05 Å². The van der Waals surface area contributed by atoms with Crippen molar-refractivity contribution < 1.29 is 9.53 Å². The summed E-state index contributed by atoms with van der Waals surface area (Å²) < 4.78 is 4.96. The largest absolute Gasteiger partial charge is 0.447 e. The number of rotatable bonds is 3. The fourth-order valence-corrected chi connectivity index (χ4v) is 0.734. The van der Waals surface area contributed by atoms with Gasteiger partial charge >= 0.3 is 6.09 Å². The average molecular weight is 184 g/mol. The van der Waals surface area contributed by atoms with E-state index in [1.165, 1.54) is 4.90 Å². The van der Waals surface area contributed by atoms with Crippen LogP contribution >= 0.6 is 0 Å². The molecule has 0 radical (unpaired) electrons. The van der Waals surface area contributed by atoms with Crippen LogP contribution in [0.25, 0.3) is 0 Å². The van der Waals surface area contributed by atoms with Gasteiger partial charge in [-0.1, -0.05) is 0 Å². The summed E-state index contributed by atoms with van der Waals surface area (Å²) in [7, 11) is 1.63. The van der Waals surface area contributed by atoms with E-state index in [2.05, 4.69) is 0 Å². The van der Waals surface area contributed by atoms with Crippen molar-refractivity contribution in [1.29, 1.82) is 5.26 Å². The predicted molar refractivity (Wildman–Crippen MR) is 49.1 cm³/mol. The monoisotopic (exact) mass is 184 g/mol. The van der Waals surface area contributed by atoms with Crippen LogP contribution in [0, 0.1) is 11.3 Å². The Balaban J connectivity index is 4.03. The highest BCUT2D eigenvalue weighted by molar-refractivity contribution is 5.67. The Kier molecular flexibility index (Phi) is 4.90. The van der Waals surface area contributed by atoms with Crippen molar-refractivity contribution >= 4 is 6.09 Å². The minimum atomic E-state index is -0.377. The van der Waals surface area contributed by atoms with Crippen LogP contribution in [0.2, 0.25) is 0 Å². The van der Waals surface area contributed by atoms with E-state index in [1.807, 2.05) is 13.0 Å². The number of hydrogen-bond donors (Lipinski definition) is 0. The molecular formula is C9H16N2O2. The molecule has 1 unspecified atom stereocenters. The van der Waals surface area contributed by atoms with Gasteiger partial charge in [0, 0.05) is 13.1 Å². The van der Waals surface area contributed by atoms with Gasteiger partial charge in [0.05, 0.1) is 18.6 Å². The number of carbonyl (C=O) groups is 1. The van der Waals surface area contributed by atoms with Crippen molar-refractivity contribution in [3.8, 4) is 6.07 Å². The highest BCUT2D eigenvalue weighted by Gasteiger charge is 2.17. The van der Waals surface area contributed by atoms with Gasteiger partial charge in [0.15, 0.2) is 0 Å². The second-order valence-corrected chi connectivity index (χ2v) is 3.25. The van der Waals surface area contributed by atoms with Crippen molar-refractivity contribution in [3.63, 3.8) is 0 Å².